The molecule has 4 aliphatic carbocycles. The molecule has 0 aromatic heterocycles. The molecule has 34 atom stereocenters. The van der Waals surface area contributed by atoms with E-state index in [1.807, 2.05) is 20.8 Å². The first-order chi connectivity index (χ1) is 39.4. The molecule has 2 bridgehead atoms. The lowest BCUT2D eigenvalue weighted by Gasteiger charge is -2.70. The van der Waals surface area contributed by atoms with Crippen LogP contribution in [-0.4, -0.2) is 269 Å². The van der Waals surface area contributed by atoms with Crippen LogP contribution < -0.4 is 0 Å². The van der Waals surface area contributed by atoms with Gasteiger partial charge in [-0.05, 0) is 100 Å². The fraction of sp³-hybridized carbons (Fsp3) is 0.966. The predicted octanol–water partition coefficient (Wildman–Crippen LogP) is -2.72. The van der Waals surface area contributed by atoms with Gasteiger partial charge in [0, 0.05) is 24.2 Å². The fourth-order valence-electron chi connectivity index (χ4n) is 18.3. The zero-order chi connectivity index (χ0) is 60.7. The normalized spacial score (nSPS) is 57.1. The number of allylic oxidation sites excluding steroid dienone is 1. The summed E-state index contributed by atoms with van der Waals surface area (Å²) >= 11 is 0. The van der Waals surface area contributed by atoms with Crippen LogP contribution >= 0.6 is 0 Å². The van der Waals surface area contributed by atoms with E-state index in [9.17, 15) is 71.5 Å². The van der Waals surface area contributed by atoms with E-state index in [0.29, 0.717) is 19.4 Å². The summed E-state index contributed by atoms with van der Waals surface area (Å²) < 4.78 is 75.5. The summed E-state index contributed by atoms with van der Waals surface area (Å²) in [5, 5.41) is 154. The second-order valence-corrected chi connectivity index (χ2v) is 28.2. The monoisotopic (exact) mass is 1210 g/mol. The molecule has 7 saturated heterocycles. The van der Waals surface area contributed by atoms with Crippen molar-refractivity contribution in [1.82, 2.24) is 0 Å². The van der Waals surface area contributed by atoms with Crippen molar-refractivity contribution < 1.29 is 128 Å². The van der Waals surface area contributed by atoms with Crippen molar-refractivity contribution in [2.45, 2.75) is 272 Å². The molecular formula is C58H94O26. The predicted molar refractivity (Wildman–Crippen MR) is 283 cm³/mol. The number of aliphatic hydroxyl groups is 14. The highest BCUT2D eigenvalue weighted by atomic mass is 16.8. The Morgan fingerprint density at radius 1 is 0.583 bits per heavy atom. The molecule has 14 N–H and O–H groups in total. The molecule has 26 heteroatoms. The van der Waals surface area contributed by atoms with Crippen molar-refractivity contribution in [3.63, 3.8) is 0 Å². The average molecular weight is 1210 g/mol. The number of aliphatic hydroxyl groups excluding tert-OH is 13. The Balaban J connectivity index is 0.870. The molecule has 0 aromatic carbocycles. The molecule has 7 aliphatic heterocycles. The summed E-state index contributed by atoms with van der Waals surface area (Å²) in [6.07, 6.45) is -31.8. The first-order valence-corrected chi connectivity index (χ1v) is 30.3. The second kappa shape index (κ2) is 23.4. The van der Waals surface area contributed by atoms with Crippen LogP contribution in [0.3, 0.4) is 0 Å². The van der Waals surface area contributed by atoms with Crippen LogP contribution in [0.2, 0.25) is 0 Å². The third-order valence-electron chi connectivity index (χ3n) is 22.5. The van der Waals surface area contributed by atoms with E-state index in [-0.39, 0.29) is 46.0 Å². The highest BCUT2D eigenvalue weighted by molar-refractivity contribution is 5.27. The van der Waals surface area contributed by atoms with Crippen LogP contribution in [0.4, 0.5) is 0 Å². The zero-order valence-corrected chi connectivity index (χ0v) is 49.2. The number of rotatable bonds is 13. The highest BCUT2D eigenvalue weighted by Gasteiger charge is 2.81. The molecule has 11 fully saturated rings. The molecule has 11 rings (SSSR count). The number of hydrogen-bond donors (Lipinski definition) is 14. The van der Waals surface area contributed by atoms with E-state index in [1.165, 1.54) is 6.92 Å². The van der Waals surface area contributed by atoms with Gasteiger partial charge in [0.05, 0.1) is 56.9 Å². The van der Waals surface area contributed by atoms with Crippen molar-refractivity contribution in [2.75, 3.05) is 33.0 Å². The largest absolute Gasteiger partial charge is 0.394 e. The maximum Gasteiger partial charge on any atom is 0.187 e. The van der Waals surface area contributed by atoms with Gasteiger partial charge in [-0.15, -0.1) is 0 Å². The Hall–Kier alpha value is -1.30. The van der Waals surface area contributed by atoms with Gasteiger partial charge in [0.2, 0.25) is 0 Å². The first-order valence-electron chi connectivity index (χ1n) is 30.3. The lowest BCUT2D eigenvalue weighted by Crippen LogP contribution is -2.68. The Bertz CT molecular complexity index is 2330. The molecule has 0 unspecified atom stereocenters. The summed E-state index contributed by atoms with van der Waals surface area (Å²) in [7, 11) is 0. The van der Waals surface area contributed by atoms with Crippen LogP contribution in [0.25, 0.3) is 0 Å². The van der Waals surface area contributed by atoms with Crippen LogP contribution in [0.15, 0.2) is 11.6 Å². The van der Waals surface area contributed by atoms with Gasteiger partial charge in [-0.3, -0.25) is 0 Å². The van der Waals surface area contributed by atoms with Gasteiger partial charge < -0.3 is 128 Å². The minimum absolute atomic E-state index is 0.110. The molecule has 7 heterocycles. The zero-order valence-electron chi connectivity index (χ0n) is 49.2. The van der Waals surface area contributed by atoms with Gasteiger partial charge in [0.1, 0.15) is 104 Å². The average Bonchev–Trinajstić information content (AvgIpc) is 1.44. The fourth-order valence-corrected chi connectivity index (χ4v) is 18.3. The topological polar surface area (TPSA) is 394 Å². The Morgan fingerprint density at radius 2 is 1.21 bits per heavy atom. The van der Waals surface area contributed by atoms with Gasteiger partial charge in [0.15, 0.2) is 37.2 Å². The molecule has 11 aliphatic rings. The standard InChI is InChI=1S/C58H94O26/c1-23(2)15-25-16-56(8,72)47-26-9-10-32-54(6)13-12-33(53(4,5)31(54)11-14-55(32,7)57(26)21-58(47,84-25)76-22-57)80-51-46(83-50-43(71)38(66)34(62)24(3)77-50)44(28(61)19-74-51)81-52-45(82-49-41(69)35(63)27(60)18-73-49)40(68)37(65)30(79-52)20-75-48-42(70)39(67)36(64)29(17-59)78-48/h15,24-52,59-72H,9-14,16-22H2,1-8H3/t24-,25-,26+,27+,28-,29+,30+,31-,32+,33-,34+,35-,36+,37+,38+,39-,40-,41+,42+,43-,44-,45+,46+,47-,48+,49-,50-,51-,52-,54-,55+,56-,57-,58+/m0/s1. The molecule has 26 nitrogen and oxygen atoms in total. The molecule has 84 heavy (non-hydrogen) atoms. The van der Waals surface area contributed by atoms with Crippen molar-refractivity contribution in [3.8, 4) is 0 Å². The minimum atomic E-state index is -2.04. The van der Waals surface area contributed by atoms with E-state index >= 15 is 0 Å². The van der Waals surface area contributed by atoms with Gasteiger partial charge in [-0.1, -0.05) is 39.3 Å². The molecule has 2 spiro atoms. The Morgan fingerprint density at radius 3 is 1.93 bits per heavy atom. The molecule has 0 radical (unpaired) electrons. The van der Waals surface area contributed by atoms with Gasteiger partial charge in [-0.25, -0.2) is 0 Å². The summed E-state index contributed by atoms with van der Waals surface area (Å²) in [4.78, 5) is 0. The van der Waals surface area contributed by atoms with Crippen LogP contribution in [-0.2, 0) is 56.8 Å². The van der Waals surface area contributed by atoms with Gasteiger partial charge >= 0.3 is 0 Å². The molecule has 0 amide bonds. The van der Waals surface area contributed by atoms with Crippen molar-refractivity contribution in [2.24, 2.45) is 45.3 Å². The second-order valence-electron chi connectivity index (χ2n) is 28.2. The lowest BCUT2D eigenvalue weighted by molar-refractivity contribution is -0.401. The van der Waals surface area contributed by atoms with E-state index in [2.05, 4.69) is 33.8 Å². The van der Waals surface area contributed by atoms with Crippen LogP contribution in [0.5, 0.6) is 0 Å². The SMILES string of the molecule is CC(C)=C[C@H]1C[C@](C)(O)[C@@H]2[C@H]3CC[C@@H]4[C@@]5(C)CC[C@H](O[C@@H]6OC[C@H](O)[C@H](O[C@@H]7O[C@H](CO[C@@H]8O[C@H](CO)[C@@H](O)[C@H](O)[C@H]8O)[C@@H](O)[C@H](O)[C@H]7O[C@@H]7OC[C@@H](O)[C@H](O)[C@H]7O)[C@H]6O[C@@H]6O[C@@H](C)[C@@H](O)[C@@H](O)[C@@H]6O)C(C)(C)[C@@H]5CC[C@@]4(C)[C@@]34CO[C@]2(C4)O1. The highest BCUT2D eigenvalue weighted by Crippen LogP contribution is 2.80. The van der Waals surface area contributed by atoms with E-state index in [0.717, 1.165) is 44.1 Å². The van der Waals surface area contributed by atoms with E-state index in [1.54, 1.807) is 0 Å². The smallest absolute Gasteiger partial charge is 0.187 e. The van der Waals surface area contributed by atoms with Crippen LogP contribution in [0, 0.1) is 45.3 Å². The molecule has 4 saturated carbocycles. The van der Waals surface area contributed by atoms with Crippen molar-refractivity contribution >= 4 is 0 Å². The summed E-state index contributed by atoms with van der Waals surface area (Å²) in [5.41, 5.74) is -0.980. The third kappa shape index (κ3) is 10.5. The number of hydrogen-bond acceptors (Lipinski definition) is 26. The van der Waals surface area contributed by atoms with E-state index in [4.69, 9.17) is 56.8 Å². The quantitative estimate of drug-likeness (QED) is 0.0658. The van der Waals surface area contributed by atoms with E-state index < -0.39 is 191 Å². The van der Waals surface area contributed by atoms with Crippen molar-refractivity contribution in [1.29, 1.82) is 0 Å². The lowest BCUT2D eigenvalue weighted by atomic mass is 9.35. The minimum Gasteiger partial charge on any atom is -0.394 e. The van der Waals surface area contributed by atoms with Gasteiger partial charge in [0.25, 0.3) is 0 Å². The third-order valence-corrected chi connectivity index (χ3v) is 22.5. The maximum atomic E-state index is 12.3. The first kappa shape index (κ1) is 64.2. The van der Waals surface area contributed by atoms with Gasteiger partial charge in [-0.2, -0.15) is 0 Å². The molecular weight excluding hydrogens is 1110 g/mol. The van der Waals surface area contributed by atoms with Crippen molar-refractivity contribution in [3.05, 3.63) is 11.6 Å². The summed E-state index contributed by atoms with van der Waals surface area (Å²) in [6, 6.07) is 0. The number of ether oxygens (including phenoxy) is 12. The Kier molecular flexibility index (Phi) is 17.9. The number of fused-ring (bicyclic) bond motifs is 4. The maximum absolute atomic E-state index is 12.3. The summed E-state index contributed by atoms with van der Waals surface area (Å²) in [6.45, 7) is 14.8. The molecule has 482 valence electrons. The summed E-state index contributed by atoms with van der Waals surface area (Å²) in [5.74, 6) is -0.440. The molecule has 0 aromatic rings. The van der Waals surface area contributed by atoms with Crippen LogP contribution in [0.1, 0.15) is 107 Å². The Labute approximate surface area is 488 Å².